The van der Waals surface area contributed by atoms with E-state index in [4.69, 9.17) is 11.6 Å². The van der Waals surface area contributed by atoms with Crippen LogP contribution in [0.2, 0.25) is 5.02 Å². The molecule has 1 aromatic rings. The first-order valence-corrected chi connectivity index (χ1v) is 3.46. The van der Waals surface area contributed by atoms with Gasteiger partial charge < -0.3 is 0 Å². The number of hydrogen-bond donors (Lipinski definition) is 0. The van der Waals surface area contributed by atoms with Crippen molar-refractivity contribution in [3.63, 3.8) is 0 Å². The minimum Gasteiger partial charge on any atom is -0.201 e. The van der Waals surface area contributed by atoms with Crippen molar-refractivity contribution in [3.8, 4) is 0 Å². The molecule has 0 atom stereocenters. The number of allylic oxidation sites excluding steroid dienone is 1. The molecule has 0 aliphatic carbocycles. The first kappa shape index (κ1) is 7.29. The van der Waals surface area contributed by atoms with E-state index < -0.39 is 0 Å². The summed E-state index contributed by atoms with van der Waals surface area (Å²) >= 11 is 5.67. The van der Waals surface area contributed by atoms with Gasteiger partial charge in [0.05, 0.1) is 5.02 Å². The van der Waals surface area contributed by atoms with Gasteiger partial charge in [-0.3, -0.25) is 0 Å². The summed E-state index contributed by atoms with van der Waals surface area (Å²) in [7, 11) is 0. The maximum Gasteiger partial charge on any atom is 0.170 e. The van der Waals surface area contributed by atoms with Crippen molar-refractivity contribution in [2.75, 3.05) is 0 Å². The molecule has 0 fully saturated rings. The van der Waals surface area contributed by atoms with Gasteiger partial charge in [0.25, 0.3) is 0 Å². The molecule has 1 rings (SSSR count). The summed E-state index contributed by atoms with van der Waals surface area (Å²) in [6.45, 7) is 4.46. The Bertz CT molecular complexity index is 215. The second kappa shape index (κ2) is 3.37. The largest absolute Gasteiger partial charge is 0.201 e. The average molecular weight is 155 g/mol. The van der Waals surface area contributed by atoms with E-state index in [1.54, 1.807) is 0 Å². The SMILES string of the molecule is C=CC[n+]1ccc(Cl)cc1. The standard InChI is InChI=1S/C8H9ClN/c1-2-5-10-6-3-8(9)4-7-10/h2-4,6-7H,1,5H2/q+1. The summed E-state index contributed by atoms with van der Waals surface area (Å²) in [6, 6.07) is 3.70. The smallest absolute Gasteiger partial charge is 0.170 e. The maximum atomic E-state index is 5.67. The van der Waals surface area contributed by atoms with Crippen LogP contribution in [0, 0.1) is 0 Å². The number of pyridine rings is 1. The highest BCUT2D eigenvalue weighted by Gasteiger charge is 1.93. The Hall–Kier alpha value is -0.820. The van der Waals surface area contributed by atoms with E-state index in [1.165, 1.54) is 0 Å². The lowest BCUT2D eigenvalue weighted by Crippen LogP contribution is -2.30. The third-order valence-electron chi connectivity index (χ3n) is 1.19. The van der Waals surface area contributed by atoms with Crippen LogP contribution in [0.4, 0.5) is 0 Å². The Morgan fingerprint density at radius 1 is 1.50 bits per heavy atom. The van der Waals surface area contributed by atoms with Crippen LogP contribution in [0.3, 0.4) is 0 Å². The molecule has 0 saturated heterocycles. The zero-order valence-electron chi connectivity index (χ0n) is 5.63. The molecule has 0 bridgehead atoms. The summed E-state index contributed by atoms with van der Waals surface area (Å²) in [5.74, 6) is 0. The molecule has 0 aliphatic heterocycles. The number of rotatable bonds is 2. The molecular formula is C8H9ClN+. The molecule has 10 heavy (non-hydrogen) atoms. The summed E-state index contributed by atoms with van der Waals surface area (Å²) in [6.07, 6.45) is 5.68. The van der Waals surface area contributed by atoms with Gasteiger partial charge in [0.1, 0.15) is 0 Å². The van der Waals surface area contributed by atoms with Crippen LogP contribution >= 0.6 is 11.6 Å². The van der Waals surface area contributed by atoms with Gasteiger partial charge in [-0.1, -0.05) is 18.2 Å². The van der Waals surface area contributed by atoms with Crippen molar-refractivity contribution in [1.29, 1.82) is 0 Å². The second-order valence-corrected chi connectivity index (χ2v) is 2.44. The molecule has 0 spiro atoms. The van der Waals surface area contributed by atoms with E-state index in [0.717, 1.165) is 11.6 Å². The van der Waals surface area contributed by atoms with Crippen LogP contribution in [0.15, 0.2) is 37.2 Å². The fourth-order valence-corrected chi connectivity index (χ4v) is 0.823. The Balaban J connectivity index is 2.78. The van der Waals surface area contributed by atoms with Crippen LogP contribution in [0.25, 0.3) is 0 Å². The molecule has 0 amide bonds. The van der Waals surface area contributed by atoms with Crippen molar-refractivity contribution in [2.45, 2.75) is 6.54 Å². The molecule has 0 saturated carbocycles. The lowest BCUT2D eigenvalue weighted by Gasteiger charge is -1.89. The lowest BCUT2D eigenvalue weighted by atomic mass is 10.4. The van der Waals surface area contributed by atoms with Gasteiger partial charge in [0.15, 0.2) is 18.9 Å². The van der Waals surface area contributed by atoms with Gasteiger partial charge in [0.2, 0.25) is 0 Å². The first-order chi connectivity index (χ1) is 4.83. The second-order valence-electron chi connectivity index (χ2n) is 2.00. The van der Waals surface area contributed by atoms with Crippen molar-refractivity contribution >= 4 is 11.6 Å². The van der Waals surface area contributed by atoms with Crippen LogP contribution < -0.4 is 4.57 Å². The molecule has 1 nitrogen and oxygen atoms in total. The quantitative estimate of drug-likeness (QED) is 0.452. The average Bonchev–Trinajstić information content (AvgIpc) is 1.95. The van der Waals surface area contributed by atoms with Gasteiger partial charge in [0, 0.05) is 12.1 Å². The summed E-state index contributed by atoms with van der Waals surface area (Å²) in [5, 5.41) is 0.764. The monoisotopic (exact) mass is 154 g/mol. The van der Waals surface area contributed by atoms with E-state index in [9.17, 15) is 0 Å². The summed E-state index contributed by atoms with van der Waals surface area (Å²) in [5.41, 5.74) is 0. The third-order valence-corrected chi connectivity index (χ3v) is 1.44. The van der Waals surface area contributed by atoms with E-state index in [-0.39, 0.29) is 0 Å². The highest BCUT2D eigenvalue weighted by Crippen LogP contribution is 2.01. The molecule has 0 aromatic carbocycles. The Labute approximate surface area is 65.6 Å². The van der Waals surface area contributed by atoms with Crippen LogP contribution in [0.1, 0.15) is 0 Å². The summed E-state index contributed by atoms with van der Waals surface area (Å²) in [4.78, 5) is 0. The van der Waals surface area contributed by atoms with Crippen LogP contribution in [-0.2, 0) is 6.54 Å². The molecule has 52 valence electrons. The van der Waals surface area contributed by atoms with Crippen LogP contribution in [0.5, 0.6) is 0 Å². The number of halogens is 1. The first-order valence-electron chi connectivity index (χ1n) is 3.08. The molecule has 1 aromatic heterocycles. The topological polar surface area (TPSA) is 3.88 Å². The van der Waals surface area contributed by atoms with Gasteiger partial charge in [-0.2, -0.15) is 0 Å². The normalized spacial score (nSPS) is 9.30. The van der Waals surface area contributed by atoms with Gasteiger partial charge >= 0.3 is 0 Å². The van der Waals surface area contributed by atoms with Crippen molar-refractivity contribution in [3.05, 3.63) is 42.2 Å². The van der Waals surface area contributed by atoms with Gasteiger partial charge in [-0.25, -0.2) is 4.57 Å². The number of nitrogens with zero attached hydrogens (tertiary/aromatic N) is 1. The molecule has 1 heterocycles. The molecule has 0 N–H and O–H groups in total. The van der Waals surface area contributed by atoms with Crippen molar-refractivity contribution in [1.82, 2.24) is 0 Å². The van der Waals surface area contributed by atoms with Gasteiger partial charge in [-0.15, -0.1) is 0 Å². The van der Waals surface area contributed by atoms with Crippen molar-refractivity contribution in [2.24, 2.45) is 0 Å². The van der Waals surface area contributed by atoms with Crippen LogP contribution in [-0.4, -0.2) is 0 Å². The number of aromatic nitrogens is 1. The molecule has 0 unspecified atom stereocenters. The lowest BCUT2D eigenvalue weighted by molar-refractivity contribution is -0.687. The zero-order valence-corrected chi connectivity index (χ0v) is 6.38. The Morgan fingerprint density at radius 2 is 2.10 bits per heavy atom. The molecule has 0 radical (unpaired) electrons. The third kappa shape index (κ3) is 1.85. The minimum absolute atomic E-state index is 0.764. The number of hydrogen-bond acceptors (Lipinski definition) is 0. The molecule has 2 heteroatoms. The molecular weight excluding hydrogens is 146 g/mol. The maximum absolute atomic E-state index is 5.67. The fourth-order valence-electron chi connectivity index (χ4n) is 0.710. The zero-order chi connectivity index (χ0) is 7.40. The highest BCUT2D eigenvalue weighted by molar-refractivity contribution is 6.30. The fraction of sp³-hybridized carbons (Fsp3) is 0.125. The summed E-state index contributed by atoms with van der Waals surface area (Å²) < 4.78 is 2.00. The molecule has 0 aliphatic rings. The minimum atomic E-state index is 0.764. The van der Waals surface area contributed by atoms with Gasteiger partial charge in [-0.05, 0) is 6.08 Å². The highest BCUT2D eigenvalue weighted by atomic mass is 35.5. The predicted octanol–water partition coefficient (Wildman–Crippen LogP) is 1.81. The Kier molecular flexibility index (Phi) is 2.46. The van der Waals surface area contributed by atoms with E-state index in [1.807, 2.05) is 35.2 Å². The van der Waals surface area contributed by atoms with E-state index >= 15 is 0 Å². The van der Waals surface area contributed by atoms with E-state index in [2.05, 4.69) is 6.58 Å². The van der Waals surface area contributed by atoms with E-state index in [0.29, 0.717) is 0 Å². The van der Waals surface area contributed by atoms with Crippen molar-refractivity contribution < 1.29 is 4.57 Å². The predicted molar refractivity (Wildman–Crippen MR) is 41.8 cm³/mol. The Morgan fingerprint density at radius 3 is 2.60 bits per heavy atom.